The lowest BCUT2D eigenvalue weighted by Gasteiger charge is -2.11. The maximum Gasteiger partial charge on any atom is 0.424 e. The molecule has 3 amide bonds. The van der Waals surface area contributed by atoms with Gasteiger partial charge in [-0.3, -0.25) is 9.59 Å². The van der Waals surface area contributed by atoms with Crippen molar-refractivity contribution in [2.75, 3.05) is 0 Å². The van der Waals surface area contributed by atoms with Gasteiger partial charge in [-0.15, -0.1) is 0 Å². The van der Waals surface area contributed by atoms with Crippen LogP contribution in [0, 0.1) is 5.92 Å². The van der Waals surface area contributed by atoms with E-state index in [1.807, 2.05) is 0 Å². The first-order valence-corrected chi connectivity index (χ1v) is 6.07. The lowest BCUT2D eigenvalue weighted by atomic mass is 10.1. The van der Waals surface area contributed by atoms with Crippen molar-refractivity contribution in [3.05, 3.63) is 22.4 Å². The van der Waals surface area contributed by atoms with Crippen LogP contribution in [0.2, 0.25) is 0 Å². The largest absolute Gasteiger partial charge is 0.430 e. The lowest BCUT2D eigenvalue weighted by Crippen LogP contribution is -2.38. The molecule has 0 aliphatic carbocycles. The number of amides is 3. The van der Waals surface area contributed by atoms with E-state index in [-0.39, 0.29) is 0 Å². The van der Waals surface area contributed by atoms with Crippen molar-refractivity contribution in [3.63, 3.8) is 0 Å². The molecule has 0 N–H and O–H groups in total. The number of imide groups is 3. The summed E-state index contributed by atoms with van der Waals surface area (Å²) in [5.74, 6) is -1.56. The zero-order chi connectivity index (χ0) is 12.6. The van der Waals surface area contributed by atoms with Crippen LogP contribution in [0.25, 0.3) is 0 Å². The molecular formula is C11H11NO4S. The van der Waals surface area contributed by atoms with Gasteiger partial charge in [0.2, 0.25) is 12.0 Å². The number of hydrogen-bond acceptors (Lipinski definition) is 5. The highest BCUT2D eigenvalue weighted by Gasteiger charge is 2.45. The Labute approximate surface area is 102 Å². The van der Waals surface area contributed by atoms with Crippen LogP contribution in [0.3, 0.4) is 0 Å². The Morgan fingerprint density at radius 1 is 1.47 bits per heavy atom. The van der Waals surface area contributed by atoms with Crippen LogP contribution in [-0.2, 0) is 14.3 Å². The van der Waals surface area contributed by atoms with E-state index in [2.05, 4.69) is 0 Å². The summed E-state index contributed by atoms with van der Waals surface area (Å²) in [6.45, 7) is 3.25. The van der Waals surface area contributed by atoms with Gasteiger partial charge in [0.05, 0.1) is 0 Å². The first kappa shape index (κ1) is 11.8. The van der Waals surface area contributed by atoms with Crippen LogP contribution in [0.15, 0.2) is 16.8 Å². The maximum absolute atomic E-state index is 11.9. The van der Waals surface area contributed by atoms with Crippen LogP contribution >= 0.6 is 11.3 Å². The minimum atomic E-state index is -0.976. The molecule has 0 aromatic carbocycles. The highest BCUT2D eigenvalue weighted by atomic mass is 32.1. The van der Waals surface area contributed by atoms with E-state index in [1.54, 1.807) is 30.7 Å². The molecule has 1 aliphatic rings. The van der Waals surface area contributed by atoms with E-state index in [1.165, 1.54) is 11.3 Å². The predicted octanol–water partition coefficient (Wildman–Crippen LogP) is 1.95. The molecule has 1 aromatic rings. The topological polar surface area (TPSA) is 63.7 Å². The normalized spacial score (nSPS) is 19.9. The zero-order valence-corrected chi connectivity index (χ0v) is 10.2. The number of cyclic esters (lactones) is 1. The molecular weight excluding hydrogens is 242 g/mol. The third-order valence-electron chi connectivity index (χ3n) is 2.41. The van der Waals surface area contributed by atoms with Crippen LogP contribution < -0.4 is 0 Å². The highest BCUT2D eigenvalue weighted by molar-refractivity contribution is 7.08. The van der Waals surface area contributed by atoms with Gasteiger partial charge in [-0.1, -0.05) is 13.8 Å². The molecule has 1 aromatic heterocycles. The van der Waals surface area contributed by atoms with Crippen molar-refractivity contribution >= 4 is 29.2 Å². The second kappa shape index (κ2) is 4.29. The van der Waals surface area contributed by atoms with Gasteiger partial charge in [0.25, 0.3) is 5.91 Å². The average Bonchev–Trinajstić information content (AvgIpc) is 2.86. The molecule has 1 aliphatic heterocycles. The Kier molecular flexibility index (Phi) is 2.97. The van der Waals surface area contributed by atoms with Crippen LogP contribution in [0.5, 0.6) is 0 Å². The molecule has 0 saturated carbocycles. The van der Waals surface area contributed by atoms with E-state index < -0.39 is 29.9 Å². The SMILES string of the molecule is CC(C)C(=O)N1C(=O)OC(c2ccsc2)C1=O. The first-order valence-electron chi connectivity index (χ1n) is 5.13. The number of thiophene rings is 1. The van der Waals surface area contributed by atoms with Crippen molar-refractivity contribution in [1.29, 1.82) is 0 Å². The van der Waals surface area contributed by atoms with Crippen LogP contribution in [-0.4, -0.2) is 22.8 Å². The first-order chi connectivity index (χ1) is 8.02. The third-order valence-corrected chi connectivity index (χ3v) is 3.11. The summed E-state index contributed by atoms with van der Waals surface area (Å²) in [6, 6.07) is 1.70. The second-order valence-corrected chi connectivity index (χ2v) is 4.77. The van der Waals surface area contributed by atoms with E-state index in [4.69, 9.17) is 4.74 Å². The van der Waals surface area contributed by atoms with Crippen LogP contribution in [0.1, 0.15) is 25.5 Å². The average molecular weight is 253 g/mol. The fraction of sp³-hybridized carbons (Fsp3) is 0.364. The Balaban J connectivity index is 2.26. The van der Waals surface area contributed by atoms with Gasteiger partial charge in [0.1, 0.15) is 0 Å². The van der Waals surface area contributed by atoms with Gasteiger partial charge in [-0.25, -0.2) is 4.79 Å². The molecule has 1 atom stereocenters. The number of carbonyl (C=O) groups excluding carboxylic acids is 3. The summed E-state index contributed by atoms with van der Waals surface area (Å²) in [6.07, 6.45) is -1.86. The maximum atomic E-state index is 11.9. The molecule has 2 heterocycles. The van der Waals surface area contributed by atoms with Gasteiger partial charge in [0, 0.05) is 11.5 Å². The number of nitrogens with zero attached hydrogens (tertiary/aromatic N) is 1. The van der Waals surface area contributed by atoms with E-state index in [9.17, 15) is 14.4 Å². The van der Waals surface area contributed by atoms with E-state index >= 15 is 0 Å². The van der Waals surface area contributed by atoms with Crippen molar-refractivity contribution in [2.24, 2.45) is 5.92 Å². The van der Waals surface area contributed by atoms with Gasteiger partial charge in [0.15, 0.2) is 0 Å². The molecule has 2 rings (SSSR count). The number of rotatable bonds is 2. The van der Waals surface area contributed by atoms with Crippen molar-refractivity contribution in [2.45, 2.75) is 20.0 Å². The van der Waals surface area contributed by atoms with E-state index in [0.29, 0.717) is 10.5 Å². The molecule has 17 heavy (non-hydrogen) atoms. The molecule has 0 bridgehead atoms. The smallest absolute Gasteiger partial charge is 0.424 e. The van der Waals surface area contributed by atoms with Gasteiger partial charge in [-0.2, -0.15) is 16.2 Å². The Morgan fingerprint density at radius 2 is 2.18 bits per heavy atom. The summed E-state index contributed by atoms with van der Waals surface area (Å²) >= 11 is 1.40. The van der Waals surface area contributed by atoms with Crippen molar-refractivity contribution in [3.8, 4) is 0 Å². The lowest BCUT2D eigenvalue weighted by molar-refractivity contribution is -0.142. The zero-order valence-electron chi connectivity index (χ0n) is 9.38. The number of carbonyl (C=O) groups is 3. The summed E-state index contributed by atoms with van der Waals surface area (Å²) in [5, 5.41) is 3.50. The molecule has 1 saturated heterocycles. The fourth-order valence-corrected chi connectivity index (χ4v) is 2.18. The molecule has 5 nitrogen and oxygen atoms in total. The monoisotopic (exact) mass is 253 g/mol. The molecule has 1 fully saturated rings. The Bertz CT molecular complexity index is 466. The summed E-state index contributed by atoms with van der Waals surface area (Å²) in [4.78, 5) is 35.7. The minimum absolute atomic E-state index is 0.423. The van der Waals surface area contributed by atoms with E-state index in [0.717, 1.165) is 0 Å². The number of ether oxygens (including phenoxy) is 1. The quantitative estimate of drug-likeness (QED) is 0.808. The predicted molar refractivity (Wildman–Crippen MR) is 60.2 cm³/mol. The van der Waals surface area contributed by atoms with Crippen molar-refractivity contribution in [1.82, 2.24) is 4.90 Å². The summed E-state index contributed by atoms with van der Waals surface area (Å²) < 4.78 is 4.93. The molecule has 6 heteroatoms. The third kappa shape index (κ3) is 1.95. The molecule has 0 spiro atoms. The second-order valence-electron chi connectivity index (χ2n) is 3.99. The fourth-order valence-electron chi connectivity index (χ4n) is 1.50. The van der Waals surface area contributed by atoms with Gasteiger partial charge < -0.3 is 4.74 Å². The Morgan fingerprint density at radius 3 is 2.71 bits per heavy atom. The van der Waals surface area contributed by atoms with Crippen LogP contribution in [0.4, 0.5) is 4.79 Å². The highest BCUT2D eigenvalue weighted by Crippen LogP contribution is 2.29. The number of hydrogen-bond donors (Lipinski definition) is 0. The molecule has 1 unspecified atom stereocenters. The standard InChI is InChI=1S/C11H11NO4S/c1-6(2)9(13)12-10(14)8(16-11(12)15)7-3-4-17-5-7/h3-6,8H,1-2H3. The molecule has 90 valence electrons. The van der Waals surface area contributed by atoms with Crippen molar-refractivity contribution < 1.29 is 19.1 Å². The van der Waals surface area contributed by atoms with Gasteiger partial charge >= 0.3 is 6.09 Å². The molecule has 0 radical (unpaired) electrons. The summed E-state index contributed by atoms with van der Waals surface area (Å²) in [7, 11) is 0. The van der Waals surface area contributed by atoms with Gasteiger partial charge in [-0.05, 0) is 16.8 Å². The summed E-state index contributed by atoms with van der Waals surface area (Å²) in [5.41, 5.74) is 0.604. The Hall–Kier alpha value is -1.69. The minimum Gasteiger partial charge on any atom is -0.430 e.